The highest BCUT2D eigenvalue weighted by Gasteiger charge is 2.38. The molecule has 0 amide bonds. The van der Waals surface area contributed by atoms with Crippen LogP contribution in [0.4, 0.5) is 0 Å². The highest BCUT2D eigenvalue weighted by molar-refractivity contribution is 7.57. The van der Waals surface area contributed by atoms with Crippen LogP contribution in [0.15, 0.2) is 0 Å². The van der Waals surface area contributed by atoms with Gasteiger partial charge in [0.25, 0.3) is 0 Å². The van der Waals surface area contributed by atoms with E-state index in [0.29, 0.717) is 6.61 Å². The molecule has 0 aliphatic heterocycles. The Morgan fingerprint density at radius 2 is 0.972 bits per heavy atom. The van der Waals surface area contributed by atoms with Crippen LogP contribution < -0.4 is 0 Å². The van der Waals surface area contributed by atoms with Crippen LogP contribution >= 0.6 is 7.60 Å². The molecule has 0 unspecified atom stereocenters. The Balaban J connectivity index is 3.81. The molecule has 0 spiro atoms. The summed E-state index contributed by atoms with van der Waals surface area (Å²) in [7, 11) is -5.59. The molecular formula is C28H63O5PSi2. The standard InChI is InChI=1S/C28H63O5PSi2/c1-9-10-11-12-13-14-15-16-17-18-19-20-21-22-23-24-25-31-26-28(30-2)27-34(29,32-35(3,4)5)33-36(6,7)8/h28H,9-27H2,1-8H3/t28-/m1/s1. The second-order valence-corrected chi connectivity index (χ2v) is 23.9. The minimum atomic E-state index is -3.21. The molecule has 0 radical (unpaired) electrons. The predicted molar refractivity (Wildman–Crippen MR) is 162 cm³/mol. The molecule has 0 bridgehead atoms. The SMILES string of the molecule is CCCCCCCCCCCCCCCCCCOC[C@H](CP(=O)(O[Si](C)(C)C)O[Si](C)(C)C)OC. The number of hydrogen-bond donors (Lipinski definition) is 0. The summed E-state index contributed by atoms with van der Waals surface area (Å²) < 4.78 is 37.0. The molecule has 0 N–H and O–H groups in total. The molecule has 0 saturated heterocycles. The largest absolute Gasteiger partial charge is 0.379 e. The topological polar surface area (TPSA) is 54.0 Å². The van der Waals surface area contributed by atoms with E-state index in [4.69, 9.17) is 17.9 Å². The van der Waals surface area contributed by atoms with Gasteiger partial charge in [-0.25, -0.2) is 0 Å². The molecule has 0 aromatic carbocycles. The smallest absolute Gasteiger partial charge is 0.314 e. The first-order valence-electron chi connectivity index (χ1n) is 15.0. The van der Waals surface area contributed by atoms with Crippen molar-refractivity contribution in [2.45, 2.75) is 155 Å². The van der Waals surface area contributed by atoms with E-state index in [1.807, 2.05) is 39.3 Å². The molecule has 36 heavy (non-hydrogen) atoms. The van der Waals surface area contributed by atoms with Gasteiger partial charge in [-0.15, -0.1) is 0 Å². The maximum Gasteiger partial charge on any atom is 0.314 e. The van der Waals surface area contributed by atoms with Crippen molar-refractivity contribution in [3.63, 3.8) is 0 Å². The van der Waals surface area contributed by atoms with Crippen molar-refractivity contribution in [2.75, 3.05) is 26.5 Å². The van der Waals surface area contributed by atoms with Crippen LogP contribution in [0.5, 0.6) is 0 Å². The summed E-state index contributed by atoms with van der Waals surface area (Å²) in [6.07, 6.45) is 21.9. The van der Waals surface area contributed by atoms with Crippen LogP contribution in [0.1, 0.15) is 110 Å². The lowest BCUT2D eigenvalue weighted by molar-refractivity contribution is 0.0171. The van der Waals surface area contributed by atoms with Gasteiger partial charge >= 0.3 is 7.60 Å². The highest BCUT2D eigenvalue weighted by Crippen LogP contribution is 2.53. The summed E-state index contributed by atoms with van der Waals surface area (Å²) in [4.78, 5) is 0. The molecule has 1 atom stereocenters. The van der Waals surface area contributed by atoms with E-state index in [9.17, 15) is 4.57 Å². The lowest BCUT2D eigenvalue weighted by Gasteiger charge is -2.32. The molecule has 0 aliphatic carbocycles. The maximum absolute atomic E-state index is 13.5. The summed E-state index contributed by atoms with van der Waals surface area (Å²) >= 11 is 0. The van der Waals surface area contributed by atoms with E-state index >= 15 is 0 Å². The fraction of sp³-hybridized carbons (Fsp3) is 1.00. The van der Waals surface area contributed by atoms with E-state index in [-0.39, 0.29) is 12.3 Å². The fourth-order valence-corrected chi connectivity index (χ4v) is 12.8. The third-order valence-corrected chi connectivity index (χ3v) is 13.5. The van der Waals surface area contributed by atoms with E-state index in [2.05, 4.69) is 6.92 Å². The summed E-state index contributed by atoms with van der Waals surface area (Å²) in [5.74, 6) is 0. The monoisotopic (exact) mass is 566 g/mol. The van der Waals surface area contributed by atoms with Crippen LogP contribution in [-0.2, 0) is 22.5 Å². The third-order valence-electron chi connectivity index (χ3n) is 6.03. The molecule has 0 heterocycles. The normalized spacial score (nSPS) is 13.9. The van der Waals surface area contributed by atoms with Crippen molar-refractivity contribution in [1.82, 2.24) is 0 Å². The Hall–Kier alpha value is 0.504. The van der Waals surface area contributed by atoms with Gasteiger partial charge in [-0.05, 0) is 45.7 Å². The van der Waals surface area contributed by atoms with Gasteiger partial charge in [0.2, 0.25) is 0 Å². The number of ether oxygens (including phenoxy) is 2. The van der Waals surface area contributed by atoms with Gasteiger partial charge in [-0.1, -0.05) is 103 Å². The third kappa shape index (κ3) is 24.8. The van der Waals surface area contributed by atoms with Crippen LogP contribution in [-0.4, -0.2) is 49.2 Å². The van der Waals surface area contributed by atoms with Gasteiger partial charge in [-0.2, -0.15) is 0 Å². The molecule has 0 aliphatic rings. The van der Waals surface area contributed by atoms with Crippen LogP contribution in [0.25, 0.3) is 0 Å². The van der Waals surface area contributed by atoms with Crippen molar-refractivity contribution in [2.24, 2.45) is 0 Å². The first-order chi connectivity index (χ1) is 16.9. The molecule has 218 valence electrons. The van der Waals surface area contributed by atoms with E-state index in [0.717, 1.165) is 13.0 Å². The van der Waals surface area contributed by atoms with Gasteiger partial charge in [0.05, 0.1) is 18.9 Å². The second kappa shape index (κ2) is 21.3. The molecule has 8 heteroatoms. The zero-order chi connectivity index (χ0) is 27.3. The van der Waals surface area contributed by atoms with Crippen LogP contribution in [0.2, 0.25) is 39.3 Å². The minimum absolute atomic E-state index is 0.261. The number of rotatable bonds is 26. The van der Waals surface area contributed by atoms with Gasteiger partial charge in [0.1, 0.15) is 0 Å². The Morgan fingerprint density at radius 3 is 1.31 bits per heavy atom. The van der Waals surface area contributed by atoms with Crippen molar-refractivity contribution >= 4 is 24.2 Å². The molecular weight excluding hydrogens is 503 g/mol. The van der Waals surface area contributed by atoms with Gasteiger partial charge in [0.15, 0.2) is 16.6 Å². The van der Waals surface area contributed by atoms with Crippen LogP contribution in [0, 0.1) is 0 Å². The van der Waals surface area contributed by atoms with Crippen molar-refractivity contribution in [1.29, 1.82) is 0 Å². The molecule has 0 aromatic rings. The maximum atomic E-state index is 13.5. The van der Waals surface area contributed by atoms with E-state index in [1.165, 1.54) is 96.3 Å². The highest BCUT2D eigenvalue weighted by atomic mass is 31.2. The van der Waals surface area contributed by atoms with Gasteiger partial charge in [-0.3, -0.25) is 4.57 Å². The molecule has 0 fully saturated rings. The Labute approximate surface area is 228 Å². The fourth-order valence-electron chi connectivity index (χ4n) is 4.34. The number of unbranched alkanes of at least 4 members (excludes halogenated alkanes) is 15. The summed E-state index contributed by atoms with van der Waals surface area (Å²) in [6, 6.07) is 0. The lowest BCUT2D eigenvalue weighted by Crippen LogP contribution is -2.34. The number of methoxy groups -OCH3 is 1. The summed E-state index contributed by atoms with van der Waals surface area (Å²) in [5.41, 5.74) is 0. The van der Waals surface area contributed by atoms with Crippen molar-refractivity contribution in [3.8, 4) is 0 Å². The number of hydrogen-bond acceptors (Lipinski definition) is 5. The molecule has 5 nitrogen and oxygen atoms in total. The Kier molecular flexibility index (Phi) is 21.6. The van der Waals surface area contributed by atoms with Crippen molar-refractivity contribution < 1.29 is 22.5 Å². The first-order valence-corrected chi connectivity index (χ1v) is 23.6. The molecule has 0 saturated carbocycles. The minimum Gasteiger partial charge on any atom is -0.379 e. The van der Waals surface area contributed by atoms with E-state index in [1.54, 1.807) is 7.11 Å². The average molecular weight is 567 g/mol. The van der Waals surface area contributed by atoms with Crippen LogP contribution in [0.3, 0.4) is 0 Å². The average Bonchev–Trinajstić information content (AvgIpc) is 2.74. The Bertz CT molecular complexity index is 529. The molecule has 0 aromatic heterocycles. The second-order valence-electron chi connectivity index (χ2n) is 12.4. The van der Waals surface area contributed by atoms with Crippen molar-refractivity contribution in [3.05, 3.63) is 0 Å². The Morgan fingerprint density at radius 1 is 0.611 bits per heavy atom. The van der Waals surface area contributed by atoms with Gasteiger partial charge < -0.3 is 17.9 Å². The quantitative estimate of drug-likeness (QED) is 0.0592. The van der Waals surface area contributed by atoms with E-state index < -0.39 is 24.2 Å². The van der Waals surface area contributed by atoms with Gasteiger partial charge in [0, 0.05) is 13.7 Å². The predicted octanol–water partition coefficient (Wildman–Crippen LogP) is 10.2. The zero-order valence-electron chi connectivity index (χ0n) is 25.5. The summed E-state index contributed by atoms with van der Waals surface area (Å²) in [6.45, 7) is 15.7. The lowest BCUT2D eigenvalue weighted by atomic mass is 10.0. The first kappa shape index (κ1) is 36.5. The molecule has 0 rings (SSSR count). The summed E-state index contributed by atoms with van der Waals surface area (Å²) in [5, 5.41) is 0. The zero-order valence-corrected chi connectivity index (χ0v) is 28.4.